The minimum Gasteiger partial charge on any atom is -0.407 e. The van der Waals surface area contributed by atoms with E-state index in [0.717, 1.165) is 5.56 Å². The van der Waals surface area contributed by atoms with Gasteiger partial charge < -0.3 is 15.0 Å². The van der Waals surface area contributed by atoms with Gasteiger partial charge in [0.1, 0.15) is 17.7 Å². The molecule has 2 aromatic heterocycles. The highest BCUT2D eigenvalue weighted by Crippen LogP contribution is 2.29. The van der Waals surface area contributed by atoms with Crippen LogP contribution in [0.5, 0.6) is 0 Å². The molecule has 1 aliphatic rings. The normalized spacial score (nSPS) is 16.1. The Kier molecular flexibility index (Phi) is 4.76. The number of nitrogens with two attached hydrogens (primary N) is 1. The zero-order valence-corrected chi connectivity index (χ0v) is 18.1. The molecule has 3 heterocycles. The average Bonchev–Trinajstić information content (AvgIpc) is 3.19. The van der Waals surface area contributed by atoms with Crippen molar-refractivity contribution in [3.8, 4) is 5.69 Å². The molecule has 1 fully saturated rings. The molecule has 0 aliphatic carbocycles. The number of aromatic nitrogens is 3. The number of benzene rings is 2. The molecule has 7 nitrogen and oxygen atoms in total. The van der Waals surface area contributed by atoms with Crippen LogP contribution in [0.2, 0.25) is 0 Å². The van der Waals surface area contributed by atoms with Crippen molar-refractivity contribution < 1.29 is 18.5 Å². The van der Waals surface area contributed by atoms with E-state index in [2.05, 4.69) is 23.8 Å². The van der Waals surface area contributed by atoms with Crippen LogP contribution in [0.1, 0.15) is 29.8 Å². The van der Waals surface area contributed by atoms with E-state index in [-0.39, 0.29) is 16.8 Å². The lowest BCUT2D eigenvalue weighted by Gasteiger charge is -2.33. The third-order valence-electron chi connectivity index (χ3n) is 5.74. The number of primary amides is 1. The SMILES string of the molecule is Cc1ccc(F)c2c(-n3cnc4c(C(N)=O)cc(B5OCC(C)(C)CO5)cc43)ccnc12. The van der Waals surface area contributed by atoms with Gasteiger partial charge in [-0.15, -0.1) is 0 Å². The zero-order chi connectivity index (χ0) is 22.6. The molecule has 0 radical (unpaired) electrons. The van der Waals surface area contributed by atoms with E-state index < -0.39 is 13.0 Å². The molecule has 0 bridgehead atoms. The van der Waals surface area contributed by atoms with Gasteiger partial charge in [-0.1, -0.05) is 19.9 Å². The summed E-state index contributed by atoms with van der Waals surface area (Å²) in [4.78, 5) is 21.0. The molecule has 32 heavy (non-hydrogen) atoms. The summed E-state index contributed by atoms with van der Waals surface area (Å²) < 4.78 is 28.5. The number of hydrogen-bond donors (Lipinski definition) is 1. The fourth-order valence-corrected chi connectivity index (χ4v) is 4.09. The maximum absolute atomic E-state index is 14.9. The molecule has 0 atom stereocenters. The van der Waals surface area contributed by atoms with Crippen LogP contribution in [-0.2, 0) is 9.31 Å². The monoisotopic (exact) mass is 432 g/mol. The number of pyridine rings is 1. The van der Waals surface area contributed by atoms with Crippen molar-refractivity contribution in [2.45, 2.75) is 20.8 Å². The lowest BCUT2D eigenvalue weighted by Crippen LogP contribution is -2.47. The fourth-order valence-electron chi connectivity index (χ4n) is 4.09. The quantitative estimate of drug-likeness (QED) is 0.503. The number of amides is 1. The molecule has 9 heteroatoms. The van der Waals surface area contributed by atoms with Crippen LogP contribution in [0.3, 0.4) is 0 Å². The summed E-state index contributed by atoms with van der Waals surface area (Å²) in [7, 11) is -0.637. The Morgan fingerprint density at radius 2 is 1.91 bits per heavy atom. The van der Waals surface area contributed by atoms with Crippen LogP contribution in [0, 0.1) is 18.2 Å². The number of aryl methyl sites for hydroxylation is 1. The molecule has 0 unspecified atom stereocenters. The van der Waals surface area contributed by atoms with Crippen molar-refractivity contribution in [3.63, 3.8) is 0 Å². The molecule has 5 rings (SSSR count). The van der Waals surface area contributed by atoms with Crippen LogP contribution in [0.4, 0.5) is 4.39 Å². The number of carbonyl (C=O) groups is 1. The van der Waals surface area contributed by atoms with Crippen LogP contribution < -0.4 is 11.2 Å². The fraction of sp³-hybridized carbons (Fsp3) is 0.261. The highest BCUT2D eigenvalue weighted by Gasteiger charge is 2.34. The van der Waals surface area contributed by atoms with Gasteiger partial charge in [-0.3, -0.25) is 14.3 Å². The van der Waals surface area contributed by atoms with Gasteiger partial charge in [-0.25, -0.2) is 9.37 Å². The van der Waals surface area contributed by atoms with Gasteiger partial charge in [0.2, 0.25) is 0 Å². The number of hydrogen-bond acceptors (Lipinski definition) is 5. The molecular formula is C23H22BFN4O3. The third-order valence-corrected chi connectivity index (χ3v) is 5.74. The summed E-state index contributed by atoms with van der Waals surface area (Å²) >= 11 is 0. The summed E-state index contributed by atoms with van der Waals surface area (Å²) in [6.45, 7) is 7.02. The van der Waals surface area contributed by atoms with E-state index >= 15 is 0 Å². The molecule has 4 aromatic rings. The number of halogens is 1. The van der Waals surface area contributed by atoms with E-state index in [0.29, 0.717) is 46.3 Å². The van der Waals surface area contributed by atoms with Crippen LogP contribution >= 0.6 is 0 Å². The third kappa shape index (κ3) is 3.34. The summed E-state index contributed by atoms with van der Waals surface area (Å²) in [5, 5.41) is 0.379. The first kappa shape index (κ1) is 20.6. The number of rotatable bonds is 3. The van der Waals surface area contributed by atoms with Gasteiger partial charge in [0, 0.05) is 24.8 Å². The molecule has 1 aliphatic heterocycles. The summed E-state index contributed by atoms with van der Waals surface area (Å²) in [5.74, 6) is -0.997. The predicted molar refractivity (Wildman–Crippen MR) is 121 cm³/mol. The predicted octanol–water partition coefficient (Wildman–Crippen LogP) is 2.89. The smallest absolute Gasteiger partial charge is 0.407 e. The highest BCUT2D eigenvalue weighted by molar-refractivity contribution is 6.62. The van der Waals surface area contributed by atoms with Crippen molar-refractivity contribution in [1.29, 1.82) is 0 Å². The van der Waals surface area contributed by atoms with Gasteiger partial charge in [-0.05, 0) is 42.2 Å². The second-order valence-electron chi connectivity index (χ2n) is 8.95. The lowest BCUT2D eigenvalue weighted by atomic mass is 9.75. The van der Waals surface area contributed by atoms with E-state index in [4.69, 9.17) is 15.0 Å². The first-order chi connectivity index (χ1) is 15.2. The van der Waals surface area contributed by atoms with E-state index in [9.17, 15) is 9.18 Å². The van der Waals surface area contributed by atoms with Crippen molar-refractivity contribution in [1.82, 2.24) is 14.5 Å². The Balaban J connectivity index is 1.73. The molecule has 0 saturated carbocycles. The molecule has 2 N–H and O–H groups in total. The van der Waals surface area contributed by atoms with Gasteiger partial charge in [-0.2, -0.15) is 0 Å². The van der Waals surface area contributed by atoms with Crippen molar-refractivity contribution >= 4 is 40.4 Å². The van der Waals surface area contributed by atoms with Gasteiger partial charge >= 0.3 is 7.12 Å². The Morgan fingerprint density at radius 3 is 2.62 bits per heavy atom. The average molecular weight is 432 g/mol. The van der Waals surface area contributed by atoms with E-state index in [1.54, 1.807) is 35.3 Å². The second kappa shape index (κ2) is 7.39. The Bertz CT molecular complexity index is 1370. The second-order valence-corrected chi connectivity index (χ2v) is 8.95. The summed E-state index contributed by atoms with van der Waals surface area (Å²) in [5.41, 5.74) is 9.49. The first-order valence-electron chi connectivity index (χ1n) is 10.3. The molecule has 2 aromatic carbocycles. The Morgan fingerprint density at radius 1 is 1.16 bits per heavy atom. The minimum absolute atomic E-state index is 0.0970. The summed E-state index contributed by atoms with van der Waals surface area (Å²) in [6, 6.07) is 8.34. The van der Waals surface area contributed by atoms with Crippen molar-refractivity contribution in [3.05, 3.63) is 59.8 Å². The van der Waals surface area contributed by atoms with Crippen LogP contribution in [0.25, 0.3) is 27.6 Å². The molecule has 0 spiro atoms. The summed E-state index contributed by atoms with van der Waals surface area (Å²) in [6.07, 6.45) is 3.19. The first-order valence-corrected chi connectivity index (χ1v) is 10.3. The van der Waals surface area contributed by atoms with Gasteiger partial charge in [0.25, 0.3) is 5.91 Å². The molecule has 1 amide bonds. The lowest BCUT2D eigenvalue weighted by molar-refractivity contribution is 0.0343. The number of carbonyl (C=O) groups excluding carboxylic acids is 1. The van der Waals surface area contributed by atoms with Gasteiger partial charge in [0.05, 0.1) is 27.7 Å². The Hall–Kier alpha value is -3.30. The standard InChI is InChI=1S/C23H22BFN4O3/c1-13-4-5-16(25)19-17(6-7-27-20(13)19)29-12-28-21-15(22(26)30)8-14(9-18(21)29)24-31-10-23(2,3)11-32-24/h4-9,12H,10-11H2,1-3H3,(H2,26,30). The number of nitrogens with zero attached hydrogens (tertiary/aromatic N) is 3. The highest BCUT2D eigenvalue weighted by atomic mass is 19.1. The molecule has 1 saturated heterocycles. The molecular weight excluding hydrogens is 410 g/mol. The van der Waals surface area contributed by atoms with Gasteiger partial charge in [0.15, 0.2) is 0 Å². The molecule has 162 valence electrons. The largest absolute Gasteiger partial charge is 0.494 e. The van der Waals surface area contributed by atoms with E-state index in [1.807, 2.05) is 13.0 Å². The van der Waals surface area contributed by atoms with Crippen LogP contribution in [-0.4, -0.2) is 40.8 Å². The topological polar surface area (TPSA) is 92.3 Å². The number of imidazole rings is 1. The van der Waals surface area contributed by atoms with Crippen molar-refractivity contribution in [2.24, 2.45) is 11.1 Å². The zero-order valence-electron chi connectivity index (χ0n) is 18.1. The van der Waals surface area contributed by atoms with Crippen molar-refractivity contribution in [2.75, 3.05) is 13.2 Å². The maximum atomic E-state index is 14.9. The number of fused-ring (bicyclic) bond motifs is 2. The van der Waals surface area contributed by atoms with Crippen LogP contribution in [0.15, 0.2) is 42.9 Å². The van der Waals surface area contributed by atoms with E-state index in [1.165, 1.54) is 6.07 Å². The minimum atomic E-state index is -0.637. The Labute approximate surface area is 184 Å². The maximum Gasteiger partial charge on any atom is 0.494 e.